The van der Waals surface area contributed by atoms with E-state index in [0.717, 1.165) is 66.4 Å². The summed E-state index contributed by atoms with van der Waals surface area (Å²) in [6, 6.07) is 23.2. The molecular formula is C32H30N10. The van der Waals surface area contributed by atoms with Gasteiger partial charge in [0.05, 0.1) is 5.56 Å². The number of imidazole rings is 1. The molecular weight excluding hydrogens is 524 g/mol. The fourth-order valence-electron chi connectivity index (χ4n) is 6.36. The number of anilines is 2. The minimum Gasteiger partial charge on any atom is -0.383 e. The minimum atomic E-state index is 0.334. The van der Waals surface area contributed by atoms with Gasteiger partial charge in [0.15, 0.2) is 17.3 Å². The van der Waals surface area contributed by atoms with Crippen LogP contribution in [-0.4, -0.2) is 53.4 Å². The number of benzene rings is 1. The quantitative estimate of drug-likeness (QED) is 0.309. The van der Waals surface area contributed by atoms with Gasteiger partial charge in [-0.1, -0.05) is 12.1 Å². The highest BCUT2D eigenvalue weighted by molar-refractivity contribution is 5.83. The lowest BCUT2D eigenvalue weighted by Crippen LogP contribution is -2.34. The van der Waals surface area contributed by atoms with Gasteiger partial charge in [-0.25, -0.2) is 24.6 Å². The Bertz CT molecular complexity index is 1880. The van der Waals surface area contributed by atoms with Crippen LogP contribution in [0.3, 0.4) is 0 Å². The maximum atomic E-state index is 6.35. The Morgan fingerprint density at radius 3 is 2.67 bits per heavy atom. The molecule has 0 saturated carbocycles. The number of rotatable bonds is 6. The second-order valence-electron chi connectivity index (χ2n) is 10.9. The number of nitrogen functional groups attached to an aromatic ring is 1. The summed E-state index contributed by atoms with van der Waals surface area (Å²) in [5.74, 6) is 2.93. The van der Waals surface area contributed by atoms with Gasteiger partial charge in [-0.2, -0.15) is 5.10 Å². The molecule has 6 heterocycles. The number of aryl methyl sites for hydroxylation is 1. The van der Waals surface area contributed by atoms with E-state index in [4.69, 9.17) is 15.7 Å². The summed E-state index contributed by atoms with van der Waals surface area (Å²) in [6.07, 6.45) is 10.4. The van der Waals surface area contributed by atoms with Crippen LogP contribution >= 0.6 is 0 Å². The van der Waals surface area contributed by atoms with Gasteiger partial charge in [-0.05, 0) is 85.0 Å². The van der Waals surface area contributed by atoms with Crippen LogP contribution in [0.2, 0.25) is 0 Å². The fourth-order valence-corrected chi connectivity index (χ4v) is 6.36. The van der Waals surface area contributed by atoms with Crippen LogP contribution < -0.4 is 16.0 Å². The van der Waals surface area contributed by atoms with Crippen molar-refractivity contribution >= 4 is 22.8 Å². The average molecular weight is 555 g/mol. The van der Waals surface area contributed by atoms with Crippen molar-refractivity contribution in [1.29, 1.82) is 0 Å². The van der Waals surface area contributed by atoms with Crippen LogP contribution in [0.4, 0.5) is 11.6 Å². The molecule has 0 radical (unpaired) electrons. The minimum absolute atomic E-state index is 0.334. The molecule has 208 valence electrons. The number of hydrogen-bond acceptors (Lipinski definition) is 8. The lowest BCUT2D eigenvalue weighted by molar-refractivity contribution is 0.454. The maximum absolute atomic E-state index is 6.35. The van der Waals surface area contributed by atoms with E-state index in [-0.39, 0.29) is 0 Å². The summed E-state index contributed by atoms with van der Waals surface area (Å²) in [6.45, 7) is 2.00. The first-order valence-electron chi connectivity index (χ1n) is 14.4. The third-order valence-electron chi connectivity index (χ3n) is 8.37. The molecule has 2 atom stereocenters. The Morgan fingerprint density at radius 2 is 1.81 bits per heavy atom. The Morgan fingerprint density at radius 1 is 0.857 bits per heavy atom. The number of nitrogens with zero attached hydrogens (tertiary/aromatic N) is 8. The zero-order chi connectivity index (χ0) is 28.0. The molecule has 6 aromatic rings. The standard InChI is InChI=1S/C32H30N10/c33-30-25(5-3-15-35-30)31-38-27-11-12-29(41-17-4-16-36-41)39-32(27)42(31)23-8-9-24-21(19-23)7-10-26(24)37-22-13-18-40(20-22)28-6-1-2-14-34-28/h1-6,8-9,11-12,14-17,19,22,26,37H,7,10,13,18,20H2,(H2,33,35)/t22?,26-/m0/s1. The Kier molecular flexibility index (Phi) is 5.92. The van der Waals surface area contributed by atoms with E-state index in [2.05, 4.69) is 60.2 Å². The molecule has 8 rings (SSSR count). The van der Waals surface area contributed by atoms with E-state index in [0.29, 0.717) is 23.7 Å². The van der Waals surface area contributed by atoms with Gasteiger partial charge in [-0.3, -0.25) is 4.57 Å². The number of nitrogens with two attached hydrogens (primary N) is 1. The smallest absolute Gasteiger partial charge is 0.167 e. The second kappa shape index (κ2) is 10.1. The first kappa shape index (κ1) is 24.7. The van der Waals surface area contributed by atoms with E-state index in [1.54, 1.807) is 17.1 Å². The first-order chi connectivity index (χ1) is 20.7. The number of fused-ring (bicyclic) bond motifs is 2. The molecule has 0 amide bonds. The zero-order valence-corrected chi connectivity index (χ0v) is 23.0. The molecule has 2 aliphatic rings. The van der Waals surface area contributed by atoms with Gasteiger partial charge in [0.25, 0.3) is 0 Å². The molecule has 1 aromatic carbocycles. The monoisotopic (exact) mass is 554 g/mol. The third-order valence-corrected chi connectivity index (χ3v) is 8.37. The largest absolute Gasteiger partial charge is 0.383 e. The zero-order valence-electron chi connectivity index (χ0n) is 23.0. The van der Waals surface area contributed by atoms with E-state index < -0.39 is 0 Å². The normalized spacial score (nSPS) is 18.1. The number of hydrogen-bond donors (Lipinski definition) is 2. The molecule has 0 spiro atoms. The molecule has 0 bridgehead atoms. The molecule has 10 nitrogen and oxygen atoms in total. The van der Waals surface area contributed by atoms with Crippen LogP contribution in [0.5, 0.6) is 0 Å². The van der Waals surface area contributed by atoms with Crippen molar-refractivity contribution < 1.29 is 0 Å². The van der Waals surface area contributed by atoms with Crippen molar-refractivity contribution in [2.45, 2.75) is 31.3 Å². The fraction of sp³-hybridized carbons (Fsp3) is 0.219. The molecule has 5 aromatic heterocycles. The predicted octanol–water partition coefficient (Wildman–Crippen LogP) is 4.50. The molecule has 1 aliphatic heterocycles. The van der Waals surface area contributed by atoms with Gasteiger partial charge >= 0.3 is 0 Å². The van der Waals surface area contributed by atoms with Crippen LogP contribution in [-0.2, 0) is 6.42 Å². The summed E-state index contributed by atoms with van der Waals surface area (Å²) in [5.41, 5.74) is 12.4. The molecule has 1 saturated heterocycles. The molecule has 1 unspecified atom stereocenters. The SMILES string of the molecule is Nc1ncccc1-c1nc2ccc(-n3cccn3)nc2n1-c1ccc2c(c1)CC[C@@H]2NC1CCN(c2ccccn2)C1. The Labute approximate surface area is 242 Å². The lowest BCUT2D eigenvalue weighted by atomic mass is 10.1. The van der Waals surface area contributed by atoms with E-state index in [9.17, 15) is 0 Å². The molecule has 3 N–H and O–H groups in total. The van der Waals surface area contributed by atoms with E-state index >= 15 is 0 Å². The highest BCUT2D eigenvalue weighted by Gasteiger charge is 2.30. The summed E-state index contributed by atoms with van der Waals surface area (Å²) < 4.78 is 3.85. The van der Waals surface area contributed by atoms with Gasteiger partial charge in [-0.15, -0.1) is 0 Å². The number of aromatic nitrogens is 7. The predicted molar refractivity (Wildman–Crippen MR) is 163 cm³/mol. The Hall–Kier alpha value is -5.09. The van der Waals surface area contributed by atoms with E-state index in [1.165, 1.54) is 11.1 Å². The van der Waals surface area contributed by atoms with Gasteiger partial charge in [0, 0.05) is 55.6 Å². The van der Waals surface area contributed by atoms with Gasteiger partial charge < -0.3 is 16.0 Å². The van der Waals surface area contributed by atoms with E-state index in [1.807, 2.05) is 48.8 Å². The Balaban J connectivity index is 1.14. The second-order valence-corrected chi connectivity index (χ2v) is 10.9. The topological polar surface area (TPSA) is 116 Å². The van der Waals surface area contributed by atoms with Crippen molar-refractivity contribution in [2.24, 2.45) is 0 Å². The van der Waals surface area contributed by atoms with Crippen LogP contribution in [0, 0.1) is 0 Å². The van der Waals surface area contributed by atoms with Crippen molar-refractivity contribution in [3.8, 4) is 22.9 Å². The van der Waals surface area contributed by atoms with Gasteiger partial charge in [0.2, 0.25) is 0 Å². The van der Waals surface area contributed by atoms with Crippen molar-refractivity contribution in [2.75, 3.05) is 23.7 Å². The number of nitrogens with one attached hydrogen (secondary N) is 1. The van der Waals surface area contributed by atoms with Crippen molar-refractivity contribution in [3.05, 3.63) is 103 Å². The highest BCUT2D eigenvalue weighted by atomic mass is 15.3. The highest BCUT2D eigenvalue weighted by Crippen LogP contribution is 2.36. The van der Waals surface area contributed by atoms with Gasteiger partial charge in [0.1, 0.15) is 17.2 Å². The summed E-state index contributed by atoms with van der Waals surface area (Å²) >= 11 is 0. The molecule has 42 heavy (non-hydrogen) atoms. The van der Waals surface area contributed by atoms with Crippen LogP contribution in [0.15, 0.2) is 91.5 Å². The molecule has 1 aliphatic carbocycles. The first-order valence-corrected chi connectivity index (χ1v) is 14.4. The third kappa shape index (κ3) is 4.27. The maximum Gasteiger partial charge on any atom is 0.167 e. The van der Waals surface area contributed by atoms with Crippen molar-refractivity contribution in [3.63, 3.8) is 0 Å². The van der Waals surface area contributed by atoms with Crippen LogP contribution in [0.1, 0.15) is 30.0 Å². The molecule has 1 fully saturated rings. The van der Waals surface area contributed by atoms with Crippen molar-refractivity contribution in [1.82, 2.24) is 39.6 Å². The summed E-state index contributed by atoms with van der Waals surface area (Å²) in [7, 11) is 0. The summed E-state index contributed by atoms with van der Waals surface area (Å²) in [4.78, 5) is 21.2. The van der Waals surface area contributed by atoms with Crippen LogP contribution in [0.25, 0.3) is 34.1 Å². The average Bonchev–Trinajstić information content (AvgIpc) is 3.84. The number of pyridine rings is 3. The molecule has 10 heteroatoms. The lowest BCUT2D eigenvalue weighted by Gasteiger charge is -2.21. The summed E-state index contributed by atoms with van der Waals surface area (Å²) in [5, 5.41) is 8.33.